The van der Waals surface area contributed by atoms with Gasteiger partial charge in [0.1, 0.15) is 0 Å². The van der Waals surface area contributed by atoms with Crippen molar-refractivity contribution in [3.05, 3.63) is 0 Å². The van der Waals surface area contributed by atoms with E-state index in [4.69, 9.17) is 0 Å². The van der Waals surface area contributed by atoms with Crippen LogP contribution in [0.1, 0.15) is 25.7 Å². The van der Waals surface area contributed by atoms with Crippen molar-refractivity contribution in [1.82, 2.24) is 10.2 Å². The molecule has 2 rings (SSSR count). The molecule has 1 saturated carbocycles. The van der Waals surface area contributed by atoms with E-state index >= 15 is 0 Å². The van der Waals surface area contributed by atoms with E-state index in [-0.39, 0.29) is 0 Å². The van der Waals surface area contributed by atoms with Crippen LogP contribution in [0.25, 0.3) is 0 Å². The molecule has 2 fully saturated rings. The standard InChI is InChI=1S/C10H20N2/c1-11-6-3-7-12-8-10(9-12)4-2-5-10/h11H,2-9H2,1H3. The first-order valence-corrected chi connectivity index (χ1v) is 5.22. The van der Waals surface area contributed by atoms with Gasteiger partial charge in [0.15, 0.2) is 0 Å². The van der Waals surface area contributed by atoms with Crippen molar-refractivity contribution in [2.45, 2.75) is 25.7 Å². The zero-order valence-corrected chi connectivity index (χ0v) is 8.10. The fourth-order valence-electron chi connectivity index (χ4n) is 2.53. The lowest BCUT2D eigenvalue weighted by Gasteiger charge is -2.56. The highest BCUT2D eigenvalue weighted by Crippen LogP contribution is 2.47. The molecule has 0 aromatic carbocycles. The van der Waals surface area contributed by atoms with Gasteiger partial charge in [0.05, 0.1) is 0 Å². The molecule has 0 radical (unpaired) electrons. The summed E-state index contributed by atoms with van der Waals surface area (Å²) in [5.74, 6) is 0. The smallest absolute Gasteiger partial charge is 0.00505 e. The highest BCUT2D eigenvalue weighted by molar-refractivity contribution is 5.00. The van der Waals surface area contributed by atoms with Crippen molar-refractivity contribution in [3.63, 3.8) is 0 Å². The van der Waals surface area contributed by atoms with Crippen molar-refractivity contribution in [1.29, 1.82) is 0 Å². The van der Waals surface area contributed by atoms with Gasteiger partial charge in [-0.1, -0.05) is 6.42 Å². The molecule has 1 spiro atoms. The van der Waals surface area contributed by atoms with Crippen LogP contribution in [-0.2, 0) is 0 Å². The Hall–Kier alpha value is -0.0800. The van der Waals surface area contributed by atoms with Gasteiger partial charge in [-0.25, -0.2) is 0 Å². The SMILES string of the molecule is CNCCCN1CC2(CCC2)C1. The summed E-state index contributed by atoms with van der Waals surface area (Å²) in [6, 6.07) is 0. The minimum absolute atomic E-state index is 0.819. The van der Waals surface area contributed by atoms with Crippen LogP contribution in [0.3, 0.4) is 0 Å². The van der Waals surface area contributed by atoms with Gasteiger partial charge in [-0.05, 0) is 44.8 Å². The molecule has 2 heteroatoms. The van der Waals surface area contributed by atoms with E-state index in [0.717, 1.165) is 5.41 Å². The summed E-state index contributed by atoms with van der Waals surface area (Å²) in [5, 5.41) is 3.19. The average Bonchev–Trinajstić information content (AvgIpc) is 1.90. The van der Waals surface area contributed by atoms with Crippen LogP contribution in [0.15, 0.2) is 0 Å². The molecule has 1 aliphatic heterocycles. The van der Waals surface area contributed by atoms with E-state index in [1.165, 1.54) is 51.9 Å². The van der Waals surface area contributed by atoms with E-state index in [2.05, 4.69) is 10.2 Å². The lowest BCUT2D eigenvalue weighted by Crippen LogP contribution is -2.59. The molecule has 1 N–H and O–H groups in total. The van der Waals surface area contributed by atoms with E-state index < -0.39 is 0 Å². The highest BCUT2D eigenvalue weighted by Gasteiger charge is 2.46. The molecule has 0 aromatic heterocycles. The average molecular weight is 168 g/mol. The molecule has 2 aliphatic rings. The van der Waals surface area contributed by atoms with Gasteiger partial charge in [0, 0.05) is 13.1 Å². The largest absolute Gasteiger partial charge is 0.320 e. The van der Waals surface area contributed by atoms with Gasteiger partial charge >= 0.3 is 0 Å². The number of hydrogen-bond acceptors (Lipinski definition) is 2. The Morgan fingerprint density at radius 1 is 1.33 bits per heavy atom. The maximum absolute atomic E-state index is 3.19. The Bertz CT molecular complexity index is 144. The number of hydrogen-bond donors (Lipinski definition) is 1. The number of likely N-dealkylation sites (tertiary alicyclic amines) is 1. The topological polar surface area (TPSA) is 15.3 Å². The van der Waals surface area contributed by atoms with Crippen LogP contribution in [0.5, 0.6) is 0 Å². The molecule has 12 heavy (non-hydrogen) atoms. The summed E-state index contributed by atoms with van der Waals surface area (Å²) in [5.41, 5.74) is 0.819. The number of nitrogens with zero attached hydrogens (tertiary/aromatic N) is 1. The second-order valence-electron chi connectivity index (χ2n) is 4.52. The molecule has 1 saturated heterocycles. The third-order valence-electron chi connectivity index (χ3n) is 3.43. The molecular formula is C10H20N2. The first kappa shape index (κ1) is 8.52. The van der Waals surface area contributed by atoms with E-state index in [1.54, 1.807) is 0 Å². The second kappa shape index (κ2) is 3.35. The first-order chi connectivity index (χ1) is 5.85. The molecular weight excluding hydrogens is 148 g/mol. The lowest BCUT2D eigenvalue weighted by atomic mass is 9.63. The zero-order chi connectivity index (χ0) is 8.44. The minimum Gasteiger partial charge on any atom is -0.320 e. The molecule has 70 valence electrons. The summed E-state index contributed by atoms with van der Waals surface area (Å²) in [6.45, 7) is 5.28. The molecule has 1 heterocycles. The van der Waals surface area contributed by atoms with Crippen molar-refractivity contribution in [2.24, 2.45) is 5.41 Å². The van der Waals surface area contributed by atoms with Gasteiger partial charge in [0.2, 0.25) is 0 Å². The zero-order valence-electron chi connectivity index (χ0n) is 8.10. The van der Waals surface area contributed by atoms with Crippen molar-refractivity contribution < 1.29 is 0 Å². The van der Waals surface area contributed by atoms with Gasteiger partial charge in [-0.2, -0.15) is 0 Å². The van der Waals surface area contributed by atoms with Gasteiger partial charge in [0.25, 0.3) is 0 Å². The maximum Gasteiger partial charge on any atom is 0.00505 e. The fraction of sp³-hybridized carbons (Fsp3) is 1.00. The lowest BCUT2D eigenvalue weighted by molar-refractivity contribution is -0.0596. The van der Waals surface area contributed by atoms with Crippen LogP contribution in [0.4, 0.5) is 0 Å². The predicted molar refractivity (Wildman–Crippen MR) is 51.3 cm³/mol. The maximum atomic E-state index is 3.19. The predicted octanol–water partition coefficient (Wildman–Crippen LogP) is 1.08. The van der Waals surface area contributed by atoms with Crippen molar-refractivity contribution in [2.75, 3.05) is 33.2 Å². The number of rotatable bonds is 4. The minimum atomic E-state index is 0.819. The molecule has 0 unspecified atom stereocenters. The monoisotopic (exact) mass is 168 g/mol. The first-order valence-electron chi connectivity index (χ1n) is 5.22. The Morgan fingerprint density at radius 2 is 2.08 bits per heavy atom. The van der Waals surface area contributed by atoms with Gasteiger partial charge < -0.3 is 10.2 Å². The van der Waals surface area contributed by atoms with Crippen LogP contribution in [0.2, 0.25) is 0 Å². The molecule has 0 bridgehead atoms. The van der Waals surface area contributed by atoms with Crippen LogP contribution in [0, 0.1) is 5.41 Å². The Morgan fingerprint density at radius 3 is 2.58 bits per heavy atom. The summed E-state index contributed by atoms with van der Waals surface area (Å²) in [4.78, 5) is 2.61. The van der Waals surface area contributed by atoms with E-state index in [9.17, 15) is 0 Å². The van der Waals surface area contributed by atoms with Crippen LogP contribution in [-0.4, -0.2) is 38.1 Å². The Balaban J connectivity index is 1.56. The summed E-state index contributed by atoms with van der Waals surface area (Å²) in [7, 11) is 2.03. The Kier molecular flexibility index (Phi) is 2.37. The molecule has 0 atom stereocenters. The van der Waals surface area contributed by atoms with E-state index in [0.29, 0.717) is 0 Å². The van der Waals surface area contributed by atoms with Crippen molar-refractivity contribution in [3.8, 4) is 0 Å². The molecule has 1 aliphatic carbocycles. The van der Waals surface area contributed by atoms with Crippen LogP contribution >= 0.6 is 0 Å². The Labute approximate surface area is 75.3 Å². The third kappa shape index (κ3) is 1.50. The highest BCUT2D eigenvalue weighted by atomic mass is 15.2. The summed E-state index contributed by atoms with van der Waals surface area (Å²) in [6.07, 6.45) is 5.82. The quantitative estimate of drug-likeness (QED) is 0.632. The molecule has 2 nitrogen and oxygen atoms in total. The normalized spacial score (nSPS) is 26.8. The number of nitrogens with one attached hydrogen (secondary N) is 1. The van der Waals surface area contributed by atoms with E-state index in [1.807, 2.05) is 7.05 Å². The molecule has 0 amide bonds. The molecule has 0 aromatic rings. The van der Waals surface area contributed by atoms with Crippen molar-refractivity contribution >= 4 is 0 Å². The van der Waals surface area contributed by atoms with Crippen LogP contribution < -0.4 is 5.32 Å². The fourth-order valence-corrected chi connectivity index (χ4v) is 2.53. The summed E-state index contributed by atoms with van der Waals surface area (Å²) < 4.78 is 0. The van der Waals surface area contributed by atoms with Gasteiger partial charge in [-0.15, -0.1) is 0 Å². The second-order valence-corrected chi connectivity index (χ2v) is 4.52. The summed E-state index contributed by atoms with van der Waals surface area (Å²) >= 11 is 0. The third-order valence-corrected chi connectivity index (χ3v) is 3.43. The van der Waals surface area contributed by atoms with Gasteiger partial charge in [-0.3, -0.25) is 0 Å².